The number of carbonyl (C=O) groups is 1. The van der Waals surface area contributed by atoms with Crippen molar-refractivity contribution in [2.45, 2.75) is 46.0 Å². The van der Waals surface area contributed by atoms with Crippen molar-refractivity contribution in [1.82, 2.24) is 15.2 Å². The molecule has 0 radical (unpaired) electrons. The third kappa shape index (κ3) is 5.62. The summed E-state index contributed by atoms with van der Waals surface area (Å²) >= 11 is 0. The fourth-order valence-corrected chi connectivity index (χ4v) is 2.48. The van der Waals surface area contributed by atoms with Crippen molar-refractivity contribution in [3.8, 4) is 0 Å². The first-order valence-corrected chi connectivity index (χ1v) is 8.40. The van der Waals surface area contributed by atoms with Crippen molar-refractivity contribution >= 4 is 5.91 Å². The number of morpholine rings is 1. The highest BCUT2D eigenvalue weighted by atomic mass is 16.5. The molecule has 1 N–H and O–H groups in total. The van der Waals surface area contributed by atoms with Crippen LogP contribution in [0.5, 0.6) is 0 Å². The lowest BCUT2D eigenvalue weighted by Gasteiger charge is -2.26. The zero-order valence-corrected chi connectivity index (χ0v) is 14.8. The minimum absolute atomic E-state index is 0.00770. The van der Waals surface area contributed by atoms with Crippen LogP contribution in [0.3, 0.4) is 0 Å². The molecule has 1 aliphatic rings. The molecule has 1 saturated heterocycles. The number of ether oxygens (including phenoxy) is 1. The lowest BCUT2D eigenvalue weighted by Crippen LogP contribution is -2.38. The van der Waals surface area contributed by atoms with Gasteiger partial charge < -0.3 is 14.5 Å². The second-order valence-corrected chi connectivity index (χ2v) is 7.11. The Bertz CT molecular complexity index is 514. The van der Waals surface area contributed by atoms with Gasteiger partial charge in [-0.2, -0.15) is 0 Å². The minimum atomic E-state index is -0.141. The highest BCUT2D eigenvalue weighted by Gasteiger charge is 2.23. The van der Waals surface area contributed by atoms with Gasteiger partial charge in [-0.3, -0.25) is 9.69 Å². The maximum atomic E-state index is 12.0. The Morgan fingerprint density at radius 1 is 1.30 bits per heavy atom. The van der Waals surface area contributed by atoms with Gasteiger partial charge in [-0.25, -0.2) is 4.98 Å². The molecule has 0 aromatic carbocycles. The summed E-state index contributed by atoms with van der Waals surface area (Å²) in [4.78, 5) is 18.8. The average molecular weight is 323 g/mol. The van der Waals surface area contributed by atoms with Crippen molar-refractivity contribution in [1.29, 1.82) is 0 Å². The minimum Gasteiger partial charge on any atom is -0.444 e. The number of nitrogens with one attached hydrogen (secondary N) is 1. The average Bonchev–Trinajstić information content (AvgIpc) is 2.86. The Kier molecular flexibility index (Phi) is 6.18. The van der Waals surface area contributed by atoms with Crippen molar-refractivity contribution < 1.29 is 13.9 Å². The van der Waals surface area contributed by atoms with E-state index in [0.717, 1.165) is 45.0 Å². The van der Waals surface area contributed by atoms with Crippen LogP contribution in [0, 0.1) is 6.92 Å². The van der Waals surface area contributed by atoms with Crippen LogP contribution in [-0.2, 0) is 21.4 Å². The van der Waals surface area contributed by atoms with E-state index >= 15 is 0 Å². The summed E-state index contributed by atoms with van der Waals surface area (Å²) in [6.07, 6.45) is 1.21. The fraction of sp³-hybridized carbons (Fsp3) is 0.765. The molecule has 0 bridgehead atoms. The van der Waals surface area contributed by atoms with Crippen molar-refractivity contribution in [3.05, 3.63) is 17.3 Å². The number of hydrogen-bond acceptors (Lipinski definition) is 5. The zero-order valence-electron chi connectivity index (χ0n) is 14.8. The summed E-state index contributed by atoms with van der Waals surface area (Å²) in [5, 5.41) is 2.96. The molecule has 6 heteroatoms. The largest absolute Gasteiger partial charge is 0.444 e. The maximum Gasteiger partial charge on any atom is 0.227 e. The molecular formula is C17H29N3O3. The van der Waals surface area contributed by atoms with Gasteiger partial charge in [0.25, 0.3) is 0 Å². The Balaban J connectivity index is 1.71. The summed E-state index contributed by atoms with van der Waals surface area (Å²) in [7, 11) is 0. The first kappa shape index (κ1) is 17.9. The fourth-order valence-electron chi connectivity index (χ4n) is 2.48. The van der Waals surface area contributed by atoms with E-state index in [1.807, 2.05) is 27.7 Å². The third-order valence-electron chi connectivity index (χ3n) is 3.93. The second kappa shape index (κ2) is 7.93. The van der Waals surface area contributed by atoms with Gasteiger partial charge in [-0.15, -0.1) is 0 Å². The van der Waals surface area contributed by atoms with Crippen molar-refractivity contribution in [2.24, 2.45) is 0 Å². The number of oxazole rings is 1. The Labute approximate surface area is 138 Å². The second-order valence-electron chi connectivity index (χ2n) is 7.11. The third-order valence-corrected chi connectivity index (χ3v) is 3.93. The van der Waals surface area contributed by atoms with Gasteiger partial charge in [0.05, 0.1) is 25.3 Å². The summed E-state index contributed by atoms with van der Waals surface area (Å²) < 4.78 is 11.1. The predicted molar refractivity (Wildman–Crippen MR) is 88.5 cm³/mol. The Morgan fingerprint density at radius 2 is 2.00 bits per heavy atom. The van der Waals surface area contributed by atoms with Crippen LogP contribution in [0.1, 0.15) is 44.5 Å². The lowest BCUT2D eigenvalue weighted by molar-refractivity contribution is -0.120. The highest BCUT2D eigenvalue weighted by molar-refractivity contribution is 5.78. The van der Waals surface area contributed by atoms with E-state index in [-0.39, 0.29) is 17.7 Å². The molecule has 0 spiro atoms. The molecule has 1 aromatic rings. The monoisotopic (exact) mass is 323 g/mol. The Hall–Kier alpha value is -1.40. The molecule has 130 valence electrons. The highest BCUT2D eigenvalue weighted by Crippen LogP contribution is 2.23. The molecule has 0 atom stereocenters. The van der Waals surface area contributed by atoms with E-state index in [4.69, 9.17) is 9.15 Å². The van der Waals surface area contributed by atoms with E-state index in [2.05, 4.69) is 15.2 Å². The van der Waals surface area contributed by atoms with Crippen LogP contribution < -0.4 is 5.32 Å². The van der Waals surface area contributed by atoms with Crippen LogP contribution in [0.15, 0.2) is 4.42 Å². The summed E-state index contributed by atoms with van der Waals surface area (Å²) in [6.45, 7) is 13.3. The summed E-state index contributed by atoms with van der Waals surface area (Å²) in [6, 6.07) is 0. The maximum absolute atomic E-state index is 12.0. The van der Waals surface area contributed by atoms with Gasteiger partial charge in [0, 0.05) is 25.0 Å². The number of hydrogen-bond donors (Lipinski definition) is 1. The van der Waals surface area contributed by atoms with Gasteiger partial charge >= 0.3 is 0 Å². The van der Waals surface area contributed by atoms with Gasteiger partial charge in [0.1, 0.15) is 5.76 Å². The summed E-state index contributed by atoms with van der Waals surface area (Å²) in [5.74, 6) is 1.34. The molecule has 0 aliphatic carbocycles. The van der Waals surface area contributed by atoms with E-state index in [1.165, 1.54) is 0 Å². The Morgan fingerprint density at radius 3 is 2.61 bits per heavy atom. The van der Waals surface area contributed by atoms with Crippen LogP contribution in [0.4, 0.5) is 0 Å². The van der Waals surface area contributed by atoms with Crippen LogP contribution in [0.25, 0.3) is 0 Å². The molecule has 0 unspecified atom stereocenters. The molecule has 1 aliphatic heterocycles. The molecule has 6 nitrogen and oxygen atoms in total. The van der Waals surface area contributed by atoms with Gasteiger partial charge in [-0.05, 0) is 19.9 Å². The SMILES string of the molecule is Cc1nc(C(C)(C)C)oc1CC(=O)NCCCN1CCOCC1. The number of aryl methyl sites for hydroxylation is 1. The van der Waals surface area contributed by atoms with Crippen LogP contribution in [-0.4, -0.2) is 55.2 Å². The van der Waals surface area contributed by atoms with Gasteiger partial charge in [-0.1, -0.05) is 20.8 Å². The van der Waals surface area contributed by atoms with Gasteiger partial charge in [0.15, 0.2) is 5.89 Å². The lowest BCUT2D eigenvalue weighted by atomic mass is 9.97. The molecule has 1 amide bonds. The molecule has 2 heterocycles. The number of amides is 1. The molecule has 0 saturated carbocycles. The summed E-state index contributed by atoms with van der Waals surface area (Å²) in [5.41, 5.74) is 0.663. The number of aromatic nitrogens is 1. The standard InChI is InChI=1S/C17H29N3O3/c1-13-14(23-16(19-13)17(2,3)4)12-15(21)18-6-5-7-20-8-10-22-11-9-20/h5-12H2,1-4H3,(H,18,21). The first-order valence-electron chi connectivity index (χ1n) is 8.40. The molecule has 2 rings (SSSR count). The number of rotatable bonds is 6. The van der Waals surface area contributed by atoms with E-state index in [0.29, 0.717) is 18.2 Å². The first-order chi connectivity index (χ1) is 10.9. The molecule has 1 fully saturated rings. The van der Waals surface area contributed by atoms with E-state index in [9.17, 15) is 4.79 Å². The number of nitrogens with zero attached hydrogens (tertiary/aromatic N) is 2. The van der Waals surface area contributed by atoms with Crippen molar-refractivity contribution in [2.75, 3.05) is 39.4 Å². The molecule has 23 heavy (non-hydrogen) atoms. The van der Waals surface area contributed by atoms with Crippen LogP contribution in [0.2, 0.25) is 0 Å². The normalized spacial score (nSPS) is 16.5. The quantitative estimate of drug-likeness (QED) is 0.807. The molecule has 1 aromatic heterocycles. The predicted octanol–water partition coefficient (Wildman–Crippen LogP) is 1.66. The van der Waals surface area contributed by atoms with Crippen LogP contribution >= 0.6 is 0 Å². The van der Waals surface area contributed by atoms with E-state index < -0.39 is 0 Å². The van der Waals surface area contributed by atoms with E-state index in [1.54, 1.807) is 0 Å². The molecular weight excluding hydrogens is 294 g/mol. The van der Waals surface area contributed by atoms with Crippen molar-refractivity contribution in [3.63, 3.8) is 0 Å². The number of carbonyl (C=O) groups excluding carboxylic acids is 1. The zero-order chi connectivity index (χ0) is 16.9. The van der Waals surface area contributed by atoms with Gasteiger partial charge in [0.2, 0.25) is 5.91 Å². The topological polar surface area (TPSA) is 67.6 Å². The smallest absolute Gasteiger partial charge is 0.227 e.